The highest BCUT2D eigenvalue weighted by molar-refractivity contribution is 5.76. The number of ether oxygens (including phenoxy) is 2. The fourth-order valence-corrected chi connectivity index (χ4v) is 2.42. The molecule has 2 unspecified atom stereocenters. The molecule has 0 aliphatic carbocycles. The Morgan fingerprint density at radius 3 is 2.32 bits per heavy atom. The van der Waals surface area contributed by atoms with Gasteiger partial charge in [-0.2, -0.15) is 0 Å². The minimum Gasteiger partial charge on any atom is -0.468 e. The van der Waals surface area contributed by atoms with E-state index in [1.165, 1.54) is 0 Å². The van der Waals surface area contributed by atoms with Gasteiger partial charge in [0, 0.05) is 12.1 Å². The monoisotopic (exact) mass is 273 g/mol. The van der Waals surface area contributed by atoms with Gasteiger partial charge in [-0.3, -0.25) is 14.5 Å². The highest BCUT2D eigenvalue weighted by atomic mass is 16.5. The first-order valence-electron chi connectivity index (χ1n) is 6.98. The van der Waals surface area contributed by atoms with Gasteiger partial charge in [0.05, 0.1) is 13.2 Å². The van der Waals surface area contributed by atoms with E-state index in [2.05, 4.69) is 30.4 Å². The Balaban J connectivity index is 0.000000555. The van der Waals surface area contributed by atoms with Crippen molar-refractivity contribution in [3.63, 3.8) is 0 Å². The summed E-state index contributed by atoms with van der Waals surface area (Å²) in [5.41, 5.74) is 0. The molecule has 2 atom stereocenters. The maximum Gasteiger partial charge on any atom is 0.323 e. The molecule has 0 radical (unpaired) electrons. The zero-order valence-electron chi connectivity index (χ0n) is 12.7. The normalized spacial score (nSPS) is 22.6. The molecule has 0 spiro atoms. The number of nitrogens with zero attached hydrogens (tertiary/aromatic N) is 1. The lowest BCUT2D eigenvalue weighted by Crippen LogP contribution is -2.44. The van der Waals surface area contributed by atoms with Crippen molar-refractivity contribution in [1.29, 1.82) is 0 Å². The second kappa shape index (κ2) is 9.78. The molecular weight excluding hydrogens is 246 g/mol. The Hall–Kier alpha value is -1.10. The van der Waals surface area contributed by atoms with Crippen molar-refractivity contribution in [1.82, 2.24) is 4.90 Å². The molecule has 0 aromatic heterocycles. The van der Waals surface area contributed by atoms with E-state index in [1.807, 2.05) is 6.92 Å². The zero-order chi connectivity index (χ0) is 14.8. The maximum atomic E-state index is 11.6. The molecule has 0 aromatic carbocycles. The number of esters is 1. The first-order valence-corrected chi connectivity index (χ1v) is 6.98. The van der Waals surface area contributed by atoms with Crippen LogP contribution in [0.1, 0.15) is 47.5 Å². The molecule has 1 saturated heterocycles. The fraction of sp³-hybridized carbons (Fsp3) is 0.857. The highest BCUT2D eigenvalue weighted by Crippen LogP contribution is 2.26. The van der Waals surface area contributed by atoms with Crippen LogP contribution in [-0.4, -0.2) is 48.7 Å². The largest absolute Gasteiger partial charge is 0.468 e. The number of rotatable bonds is 5. The second-order valence-corrected chi connectivity index (χ2v) is 4.79. The van der Waals surface area contributed by atoms with Crippen molar-refractivity contribution < 1.29 is 19.1 Å². The minimum atomic E-state index is -0.0504. The lowest BCUT2D eigenvalue weighted by Gasteiger charge is -2.30. The van der Waals surface area contributed by atoms with Crippen molar-refractivity contribution >= 4 is 12.4 Å². The molecule has 112 valence electrons. The van der Waals surface area contributed by atoms with Gasteiger partial charge in [-0.15, -0.1) is 0 Å². The summed E-state index contributed by atoms with van der Waals surface area (Å²) in [6.45, 7) is 11.4. The second-order valence-electron chi connectivity index (χ2n) is 4.79. The number of hydrogen-bond donors (Lipinski definition) is 0. The van der Waals surface area contributed by atoms with Crippen molar-refractivity contribution in [2.24, 2.45) is 0 Å². The standard InChI is InChI=1S/C11H21NO2.C3H6O2/c1-5-14-11(13)10-7-6-9(4)12(10)8(2)3;1-2-5-3-4/h8-10H,5-7H2,1-4H3;3H,2H2,1H3. The van der Waals surface area contributed by atoms with Gasteiger partial charge >= 0.3 is 5.97 Å². The Morgan fingerprint density at radius 2 is 1.95 bits per heavy atom. The average molecular weight is 273 g/mol. The van der Waals surface area contributed by atoms with Gasteiger partial charge < -0.3 is 9.47 Å². The van der Waals surface area contributed by atoms with E-state index in [9.17, 15) is 9.59 Å². The van der Waals surface area contributed by atoms with Gasteiger partial charge in [-0.1, -0.05) is 0 Å². The molecule has 1 rings (SSSR count). The third-order valence-corrected chi connectivity index (χ3v) is 3.12. The fourth-order valence-electron chi connectivity index (χ4n) is 2.42. The van der Waals surface area contributed by atoms with Gasteiger partial charge in [0.25, 0.3) is 6.47 Å². The summed E-state index contributed by atoms with van der Waals surface area (Å²) in [6.07, 6.45) is 2.04. The smallest absolute Gasteiger partial charge is 0.323 e. The third kappa shape index (κ3) is 6.05. The van der Waals surface area contributed by atoms with Crippen LogP contribution < -0.4 is 0 Å². The summed E-state index contributed by atoms with van der Waals surface area (Å²) in [7, 11) is 0. The summed E-state index contributed by atoms with van der Waals surface area (Å²) in [6, 6.07) is 0.913. The van der Waals surface area contributed by atoms with Crippen LogP contribution in [0.2, 0.25) is 0 Å². The summed E-state index contributed by atoms with van der Waals surface area (Å²) in [5.74, 6) is -0.0504. The first kappa shape index (κ1) is 17.9. The summed E-state index contributed by atoms with van der Waals surface area (Å²) < 4.78 is 9.23. The van der Waals surface area contributed by atoms with Gasteiger partial charge in [-0.25, -0.2) is 0 Å². The lowest BCUT2D eigenvalue weighted by molar-refractivity contribution is -0.149. The molecule has 0 N–H and O–H groups in total. The van der Waals surface area contributed by atoms with Gasteiger partial charge in [0.2, 0.25) is 0 Å². The zero-order valence-corrected chi connectivity index (χ0v) is 12.7. The first-order chi connectivity index (χ1) is 8.99. The van der Waals surface area contributed by atoms with E-state index >= 15 is 0 Å². The van der Waals surface area contributed by atoms with Crippen molar-refractivity contribution in [3.05, 3.63) is 0 Å². The van der Waals surface area contributed by atoms with Gasteiger partial charge in [0.15, 0.2) is 0 Å². The molecule has 0 amide bonds. The highest BCUT2D eigenvalue weighted by Gasteiger charge is 2.37. The summed E-state index contributed by atoms with van der Waals surface area (Å²) in [5, 5.41) is 0. The van der Waals surface area contributed by atoms with E-state index in [0.29, 0.717) is 31.8 Å². The van der Waals surface area contributed by atoms with E-state index < -0.39 is 0 Å². The third-order valence-electron chi connectivity index (χ3n) is 3.12. The van der Waals surface area contributed by atoms with Crippen LogP contribution in [0.5, 0.6) is 0 Å². The minimum absolute atomic E-state index is 0.00931. The number of carbonyl (C=O) groups excluding carboxylic acids is 2. The Morgan fingerprint density at radius 1 is 1.32 bits per heavy atom. The molecular formula is C14H27NO4. The van der Waals surface area contributed by atoms with E-state index in [0.717, 1.165) is 12.8 Å². The average Bonchev–Trinajstić information content (AvgIpc) is 2.73. The Labute approximate surface area is 116 Å². The topological polar surface area (TPSA) is 55.8 Å². The van der Waals surface area contributed by atoms with Crippen LogP contribution in [0.15, 0.2) is 0 Å². The van der Waals surface area contributed by atoms with E-state index in [4.69, 9.17) is 4.74 Å². The predicted molar refractivity (Wildman–Crippen MR) is 73.8 cm³/mol. The molecule has 19 heavy (non-hydrogen) atoms. The quantitative estimate of drug-likeness (QED) is 0.566. The maximum absolute atomic E-state index is 11.6. The summed E-state index contributed by atoms with van der Waals surface area (Å²) in [4.78, 5) is 23.1. The molecule has 1 heterocycles. The molecule has 5 heteroatoms. The van der Waals surface area contributed by atoms with Crippen LogP contribution in [0.4, 0.5) is 0 Å². The van der Waals surface area contributed by atoms with Crippen LogP contribution in [0.3, 0.4) is 0 Å². The number of carbonyl (C=O) groups is 2. The Kier molecular flexibility index (Phi) is 9.21. The SMILES string of the molecule is CCOC(=O)C1CCC(C)N1C(C)C.CCOC=O. The molecule has 1 fully saturated rings. The van der Waals surface area contributed by atoms with Gasteiger partial charge in [0.1, 0.15) is 6.04 Å². The summed E-state index contributed by atoms with van der Waals surface area (Å²) >= 11 is 0. The van der Waals surface area contributed by atoms with Gasteiger partial charge in [-0.05, 0) is 47.5 Å². The molecule has 1 aliphatic heterocycles. The molecule has 0 aromatic rings. The van der Waals surface area contributed by atoms with Crippen molar-refractivity contribution in [2.45, 2.75) is 65.6 Å². The van der Waals surface area contributed by atoms with Crippen LogP contribution in [0, 0.1) is 0 Å². The number of hydrogen-bond acceptors (Lipinski definition) is 5. The molecule has 5 nitrogen and oxygen atoms in total. The van der Waals surface area contributed by atoms with E-state index in [1.54, 1.807) is 6.92 Å². The van der Waals surface area contributed by atoms with Crippen LogP contribution >= 0.6 is 0 Å². The van der Waals surface area contributed by atoms with Crippen LogP contribution in [0.25, 0.3) is 0 Å². The van der Waals surface area contributed by atoms with Crippen molar-refractivity contribution in [3.8, 4) is 0 Å². The Bertz CT molecular complexity index is 268. The van der Waals surface area contributed by atoms with Crippen LogP contribution in [-0.2, 0) is 19.1 Å². The lowest BCUT2D eigenvalue weighted by atomic mass is 10.2. The predicted octanol–water partition coefficient (Wildman–Crippen LogP) is 1.99. The van der Waals surface area contributed by atoms with Crippen molar-refractivity contribution in [2.75, 3.05) is 13.2 Å². The number of likely N-dealkylation sites (tertiary alicyclic amines) is 1. The molecule has 0 bridgehead atoms. The van der Waals surface area contributed by atoms with E-state index in [-0.39, 0.29) is 12.0 Å². The molecule has 0 saturated carbocycles. The molecule has 1 aliphatic rings.